The Morgan fingerprint density at radius 1 is 1.04 bits per heavy atom. The smallest absolute Gasteiger partial charge is 0.316 e. The predicted molar refractivity (Wildman–Crippen MR) is 96.9 cm³/mol. The average Bonchev–Trinajstić information content (AvgIpc) is 2.60. The van der Waals surface area contributed by atoms with Gasteiger partial charge in [0.15, 0.2) is 6.61 Å². The quantitative estimate of drug-likeness (QED) is 0.746. The van der Waals surface area contributed by atoms with E-state index in [0.29, 0.717) is 5.69 Å². The van der Waals surface area contributed by atoms with Crippen molar-refractivity contribution in [1.29, 1.82) is 0 Å². The second-order valence-electron chi connectivity index (χ2n) is 6.18. The molecule has 138 valence electrons. The van der Waals surface area contributed by atoms with Gasteiger partial charge in [0.1, 0.15) is 0 Å². The van der Waals surface area contributed by atoms with Crippen LogP contribution in [-0.2, 0) is 29.8 Å². The number of benzene rings is 2. The molecule has 2 aromatic rings. The monoisotopic (exact) mass is 376 g/mol. The minimum atomic E-state index is -3.79. The number of sulfonamides is 1. The molecule has 0 aliphatic rings. The number of rotatable bonds is 6. The highest BCUT2D eigenvalue weighted by molar-refractivity contribution is 7.89. The molecule has 0 aromatic heterocycles. The Hall–Kier alpha value is -2.71. The van der Waals surface area contributed by atoms with E-state index >= 15 is 0 Å². The minimum Gasteiger partial charge on any atom is -0.455 e. The van der Waals surface area contributed by atoms with Crippen LogP contribution in [0.5, 0.6) is 0 Å². The lowest BCUT2D eigenvalue weighted by Crippen LogP contribution is -2.33. The number of hydrogen-bond donors (Lipinski definition) is 2. The summed E-state index contributed by atoms with van der Waals surface area (Å²) in [4.78, 5) is 24.2. The van der Waals surface area contributed by atoms with E-state index in [1.54, 1.807) is 13.8 Å². The number of amides is 1. The van der Waals surface area contributed by atoms with E-state index in [-0.39, 0.29) is 4.90 Å². The Balaban J connectivity index is 1.93. The zero-order valence-corrected chi connectivity index (χ0v) is 15.2. The molecule has 0 aliphatic carbocycles. The maximum absolute atomic E-state index is 12.3. The summed E-state index contributed by atoms with van der Waals surface area (Å²) in [6.45, 7) is 2.98. The molecule has 2 rings (SSSR count). The number of primary sulfonamides is 1. The number of esters is 1. The van der Waals surface area contributed by atoms with Crippen LogP contribution in [-0.4, -0.2) is 26.9 Å². The maximum atomic E-state index is 12.3. The second kappa shape index (κ2) is 7.67. The van der Waals surface area contributed by atoms with Crippen molar-refractivity contribution in [2.24, 2.45) is 5.14 Å². The van der Waals surface area contributed by atoms with Gasteiger partial charge in [-0.3, -0.25) is 9.59 Å². The van der Waals surface area contributed by atoms with Gasteiger partial charge in [-0.05, 0) is 43.7 Å². The van der Waals surface area contributed by atoms with Crippen LogP contribution in [0.25, 0.3) is 0 Å². The van der Waals surface area contributed by atoms with Gasteiger partial charge in [0.25, 0.3) is 5.91 Å². The van der Waals surface area contributed by atoms with Crippen LogP contribution >= 0.6 is 0 Å². The largest absolute Gasteiger partial charge is 0.455 e. The highest BCUT2D eigenvalue weighted by Gasteiger charge is 2.31. The third kappa shape index (κ3) is 4.90. The third-order valence-electron chi connectivity index (χ3n) is 3.81. The molecular weight excluding hydrogens is 356 g/mol. The van der Waals surface area contributed by atoms with Crippen LogP contribution in [0.1, 0.15) is 19.4 Å². The molecule has 2 aromatic carbocycles. The standard InChI is InChI=1S/C18H20N2O5S/c1-18(2,13-6-4-3-5-7-13)17(22)25-12-16(21)20-14-8-10-15(11-9-14)26(19,23)24/h3-11H,12H2,1-2H3,(H,20,21)(H2,19,23,24). The molecule has 0 atom stereocenters. The molecule has 0 bridgehead atoms. The number of ether oxygens (including phenoxy) is 1. The lowest BCUT2D eigenvalue weighted by molar-refractivity contribution is -0.152. The molecule has 0 aliphatic heterocycles. The number of anilines is 1. The van der Waals surface area contributed by atoms with Crippen molar-refractivity contribution in [3.05, 3.63) is 60.2 Å². The number of carbonyl (C=O) groups is 2. The lowest BCUT2D eigenvalue weighted by atomic mass is 9.85. The van der Waals surface area contributed by atoms with Crippen LogP contribution in [0, 0.1) is 0 Å². The zero-order valence-electron chi connectivity index (χ0n) is 14.4. The second-order valence-corrected chi connectivity index (χ2v) is 7.75. The Bertz CT molecular complexity index is 891. The molecule has 0 saturated carbocycles. The summed E-state index contributed by atoms with van der Waals surface area (Å²) in [7, 11) is -3.79. The first-order chi connectivity index (χ1) is 12.1. The topological polar surface area (TPSA) is 116 Å². The number of hydrogen-bond acceptors (Lipinski definition) is 5. The average molecular weight is 376 g/mol. The fraction of sp³-hybridized carbons (Fsp3) is 0.222. The Kier molecular flexibility index (Phi) is 5.79. The van der Waals surface area contributed by atoms with Gasteiger partial charge >= 0.3 is 5.97 Å². The fourth-order valence-electron chi connectivity index (χ4n) is 2.21. The molecule has 3 N–H and O–H groups in total. The van der Waals surface area contributed by atoms with Gasteiger partial charge in [-0.15, -0.1) is 0 Å². The van der Waals surface area contributed by atoms with Gasteiger partial charge in [0.2, 0.25) is 10.0 Å². The van der Waals surface area contributed by atoms with Gasteiger partial charge < -0.3 is 10.1 Å². The van der Waals surface area contributed by atoms with Crippen molar-refractivity contribution in [3.63, 3.8) is 0 Å². The number of nitrogens with two attached hydrogens (primary N) is 1. The number of nitrogens with one attached hydrogen (secondary N) is 1. The van der Waals surface area contributed by atoms with Gasteiger partial charge in [-0.2, -0.15) is 0 Å². The summed E-state index contributed by atoms with van der Waals surface area (Å²) in [6.07, 6.45) is 0. The van der Waals surface area contributed by atoms with Crippen LogP contribution < -0.4 is 10.5 Å². The molecule has 0 radical (unpaired) electrons. The first-order valence-electron chi connectivity index (χ1n) is 7.76. The number of carbonyl (C=O) groups excluding carboxylic acids is 2. The van der Waals surface area contributed by atoms with E-state index in [1.807, 2.05) is 30.3 Å². The minimum absolute atomic E-state index is 0.0634. The predicted octanol–water partition coefficient (Wildman–Crippen LogP) is 1.79. The zero-order chi connectivity index (χ0) is 19.4. The van der Waals surface area contributed by atoms with Crippen molar-refractivity contribution >= 4 is 27.6 Å². The molecule has 8 heteroatoms. The molecule has 0 heterocycles. The van der Waals surface area contributed by atoms with Crippen molar-refractivity contribution in [1.82, 2.24) is 0 Å². The van der Waals surface area contributed by atoms with Crippen molar-refractivity contribution < 1.29 is 22.7 Å². The maximum Gasteiger partial charge on any atom is 0.316 e. The van der Waals surface area contributed by atoms with Gasteiger partial charge in [-0.25, -0.2) is 13.6 Å². The van der Waals surface area contributed by atoms with E-state index < -0.39 is 33.9 Å². The van der Waals surface area contributed by atoms with Gasteiger partial charge in [0, 0.05) is 5.69 Å². The summed E-state index contributed by atoms with van der Waals surface area (Å²) >= 11 is 0. The molecule has 0 fully saturated rings. The Morgan fingerprint density at radius 2 is 1.62 bits per heavy atom. The Labute approximate surface area is 152 Å². The van der Waals surface area contributed by atoms with Crippen LogP contribution in [0.2, 0.25) is 0 Å². The van der Waals surface area contributed by atoms with Crippen LogP contribution in [0.4, 0.5) is 5.69 Å². The van der Waals surface area contributed by atoms with Crippen molar-refractivity contribution in [3.8, 4) is 0 Å². The van der Waals surface area contributed by atoms with Crippen molar-refractivity contribution in [2.75, 3.05) is 11.9 Å². The van der Waals surface area contributed by atoms with Crippen LogP contribution in [0.3, 0.4) is 0 Å². The molecule has 0 spiro atoms. The van der Waals surface area contributed by atoms with E-state index in [2.05, 4.69) is 5.32 Å². The molecule has 0 unspecified atom stereocenters. The summed E-state index contributed by atoms with van der Waals surface area (Å²) in [6, 6.07) is 14.5. The normalized spacial score (nSPS) is 11.7. The SMILES string of the molecule is CC(C)(C(=O)OCC(=O)Nc1ccc(S(N)(=O)=O)cc1)c1ccccc1. The highest BCUT2D eigenvalue weighted by atomic mass is 32.2. The Morgan fingerprint density at radius 3 is 2.15 bits per heavy atom. The fourth-order valence-corrected chi connectivity index (χ4v) is 2.72. The lowest BCUT2D eigenvalue weighted by Gasteiger charge is -2.22. The summed E-state index contributed by atoms with van der Waals surface area (Å²) in [5.41, 5.74) is 0.253. The molecule has 1 amide bonds. The summed E-state index contributed by atoms with van der Waals surface area (Å²) in [5, 5.41) is 7.52. The summed E-state index contributed by atoms with van der Waals surface area (Å²) < 4.78 is 27.5. The van der Waals surface area contributed by atoms with E-state index in [4.69, 9.17) is 9.88 Å². The highest BCUT2D eigenvalue weighted by Crippen LogP contribution is 2.24. The molecule has 0 saturated heterocycles. The molecular formula is C18H20N2O5S. The molecule has 26 heavy (non-hydrogen) atoms. The van der Waals surface area contributed by atoms with Crippen LogP contribution in [0.15, 0.2) is 59.5 Å². The van der Waals surface area contributed by atoms with Gasteiger partial charge in [-0.1, -0.05) is 30.3 Å². The third-order valence-corrected chi connectivity index (χ3v) is 4.74. The van der Waals surface area contributed by atoms with E-state index in [1.165, 1.54) is 24.3 Å². The van der Waals surface area contributed by atoms with Gasteiger partial charge in [0.05, 0.1) is 10.3 Å². The first-order valence-corrected chi connectivity index (χ1v) is 9.31. The summed E-state index contributed by atoms with van der Waals surface area (Å²) in [5.74, 6) is -1.06. The van der Waals surface area contributed by atoms with Crippen molar-refractivity contribution in [2.45, 2.75) is 24.2 Å². The van der Waals surface area contributed by atoms with E-state index in [9.17, 15) is 18.0 Å². The van der Waals surface area contributed by atoms with E-state index in [0.717, 1.165) is 5.56 Å². The first kappa shape index (κ1) is 19.6. The molecule has 7 nitrogen and oxygen atoms in total.